The van der Waals surface area contributed by atoms with Crippen molar-refractivity contribution in [1.29, 1.82) is 0 Å². The minimum absolute atomic E-state index is 0.276. The molecule has 0 unspecified atom stereocenters. The van der Waals surface area contributed by atoms with Crippen molar-refractivity contribution in [1.82, 2.24) is 4.98 Å². The van der Waals surface area contributed by atoms with Crippen LogP contribution < -0.4 is 0 Å². The SMILES string of the molecule is CCC(=O)Cc1ccc2nc(Br)sc2c1. The van der Waals surface area contributed by atoms with E-state index in [-0.39, 0.29) is 5.78 Å². The molecule has 0 atom stereocenters. The molecular formula is C11H10BrNOS. The van der Waals surface area contributed by atoms with Crippen molar-refractivity contribution in [3.63, 3.8) is 0 Å². The number of halogens is 1. The second kappa shape index (κ2) is 4.41. The summed E-state index contributed by atoms with van der Waals surface area (Å²) in [5.41, 5.74) is 2.06. The van der Waals surface area contributed by atoms with E-state index < -0.39 is 0 Å². The van der Waals surface area contributed by atoms with Crippen molar-refractivity contribution < 1.29 is 4.79 Å². The van der Waals surface area contributed by atoms with Crippen LogP contribution in [-0.2, 0) is 11.2 Å². The first-order valence-corrected chi connectivity index (χ1v) is 6.36. The van der Waals surface area contributed by atoms with E-state index in [1.807, 2.05) is 25.1 Å². The van der Waals surface area contributed by atoms with E-state index in [0.29, 0.717) is 12.8 Å². The molecule has 0 aliphatic rings. The Morgan fingerprint density at radius 2 is 2.33 bits per heavy atom. The molecule has 0 aliphatic heterocycles. The Labute approximate surface area is 100 Å². The maximum Gasteiger partial charge on any atom is 0.160 e. The molecule has 0 spiro atoms. The molecule has 0 bridgehead atoms. The van der Waals surface area contributed by atoms with Crippen molar-refractivity contribution >= 4 is 43.3 Å². The molecule has 0 aliphatic carbocycles. The second-order valence-electron chi connectivity index (χ2n) is 3.34. The third-order valence-electron chi connectivity index (χ3n) is 2.22. The number of fused-ring (bicyclic) bond motifs is 1. The van der Waals surface area contributed by atoms with Crippen LogP contribution in [-0.4, -0.2) is 10.8 Å². The van der Waals surface area contributed by atoms with Crippen LogP contribution in [0.25, 0.3) is 10.2 Å². The Bertz CT molecular complexity index is 506. The van der Waals surface area contributed by atoms with Gasteiger partial charge in [0.2, 0.25) is 0 Å². The average Bonchev–Trinajstić information content (AvgIpc) is 2.57. The quantitative estimate of drug-likeness (QED) is 0.862. The molecule has 1 aromatic heterocycles. The van der Waals surface area contributed by atoms with E-state index in [0.717, 1.165) is 19.7 Å². The molecule has 0 saturated carbocycles. The number of hydrogen-bond acceptors (Lipinski definition) is 3. The molecule has 78 valence electrons. The van der Waals surface area contributed by atoms with Gasteiger partial charge in [-0.15, -0.1) is 11.3 Å². The molecule has 1 heterocycles. The highest BCUT2D eigenvalue weighted by atomic mass is 79.9. The van der Waals surface area contributed by atoms with Gasteiger partial charge in [0.15, 0.2) is 3.92 Å². The van der Waals surface area contributed by atoms with Crippen LogP contribution in [0.2, 0.25) is 0 Å². The van der Waals surface area contributed by atoms with Gasteiger partial charge in [-0.3, -0.25) is 4.79 Å². The fraction of sp³-hybridized carbons (Fsp3) is 0.273. The zero-order chi connectivity index (χ0) is 10.8. The van der Waals surface area contributed by atoms with Crippen molar-refractivity contribution in [3.05, 3.63) is 27.7 Å². The van der Waals surface area contributed by atoms with Gasteiger partial charge in [-0.05, 0) is 33.6 Å². The highest BCUT2D eigenvalue weighted by Crippen LogP contribution is 2.26. The summed E-state index contributed by atoms with van der Waals surface area (Å²) in [6.07, 6.45) is 1.13. The molecule has 0 fully saturated rings. The lowest BCUT2D eigenvalue weighted by atomic mass is 10.1. The highest BCUT2D eigenvalue weighted by molar-refractivity contribution is 9.11. The summed E-state index contributed by atoms with van der Waals surface area (Å²) in [6, 6.07) is 5.99. The van der Waals surface area contributed by atoms with Gasteiger partial charge in [-0.25, -0.2) is 4.98 Å². The van der Waals surface area contributed by atoms with Crippen LogP contribution in [0.15, 0.2) is 22.1 Å². The van der Waals surface area contributed by atoms with Crippen molar-refractivity contribution in [3.8, 4) is 0 Å². The first-order chi connectivity index (χ1) is 7.19. The Balaban J connectivity index is 2.33. The molecule has 0 N–H and O–H groups in total. The van der Waals surface area contributed by atoms with Crippen LogP contribution >= 0.6 is 27.3 Å². The summed E-state index contributed by atoms with van der Waals surface area (Å²) in [5.74, 6) is 0.276. The molecule has 0 radical (unpaired) electrons. The van der Waals surface area contributed by atoms with Gasteiger partial charge in [-0.1, -0.05) is 13.0 Å². The molecule has 15 heavy (non-hydrogen) atoms. The largest absolute Gasteiger partial charge is 0.299 e. The predicted molar refractivity (Wildman–Crippen MR) is 66.3 cm³/mol. The maximum atomic E-state index is 11.3. The minimum Gasteiger partial charge on any atom is -0.299 e. The monoisotopic (exact) mass is 283 g/mol. The molecule has 2 aromatic rings. The summed E-state index contributed by atoms with van der Waals surface area (Å²) in [7, 11) is 0. The Morgan fingerprint density at radius 1 is 1.53 bits per heavy atom. The van der Waals surface area contributed by atoms with Gasteiger partial charge in [0, 0.05) is 12.8 Å². The number of thiazole rings is 1. The van der Waals surface area contributed by atoms with E-state index in [1.165, 1.54) is 0 Å². The number of hydrogen-bond donors (Lipinski definition) is 0. The number of nitrogens with zero attached hydrogens (tertiary/aromatic N) is 1. The lowest BCUT2D eigenvalue weighted by Gasteiger charge is -1.98. The summed E-state index contributed by atoms with van der Waals surface area (Å²) in [5, 5.41) is 0. The smallest absolute Gasteiger partial charge is 0.160 e. The summed E-state index contributed by atoms with van der Waals surface area (Å²) in [6.45, 7) is 1.89. The molecule has 0 saturated heterocycles. The van der Waals surface area contributed by atoms with Gasteiger partial charge in [0.05, 0.1) is 10.2 Å². The van der Waals surface area contributed by atoms with Gasteiger partial charge in [0.1, 0.15) is 5.78 Å². The van der Waals surface area contributed by atoms with E-state index in [2.05, 4.69) is 20.9 Å². The second-order valence-corrected chi connectivity index (χ2v) is 5.64. The third-order valence-corrected chi connectivity index (χ3v) is 3.69. The topological polar surface area (TPSA) is 30.0 Å². The first kappa shape index (κ1) is 10.8. The molecule has 4 heteroatoms. The van der Waals surface area contributed by atoms with Gasteiger partial charge in [0.25, 0.3) is 0 Å². The van der Waals surface area contributed by atoms with Gasteiger partial charge < -0.3 is 0 Å². The molecule has 2 nitrogen and oxygen atoms in total. The fourth-order valence-electron chi connectivity index (χ4n) is 1.40. The number of rotatable bonds is 3. The number of aromatic nitrogens is 1. The van der Waals surface area contributed by atoms with E-state index in [1.54, 1.807) is 11.3 Å². The zero-order valence-electron chi connectivity index (χ0n) is 8.29. The van der Waals surface area contributed by atoms with Crippen LogP contribution in [0.4, 0.5) is 0 Å². The lowest BCUT2D eigenvalue weighted by Crippen LogP contribution is -1.99. The van der Waals surface area contributed by atoms with Crippen molar-refractivity contribution in [2.24, 2.45) is 0 Å². The number of Topliss-reactive ketones (excluding diaryl/α,β-unsaturated/α-hetero) is 1. The van der Waals surface area contributed by atoms with Crippen molar-refractivity contribution in [2.45, 2.75) is 19.8 Å². The molecule has 1 aromatic carbocycles. The first-order valence-electron chi connectivity index (χ1n) is 4.75. The number of ketones is 1. The maximum absolute atomic E-state index is 11.3. The van der Waals surface area contributed by atoms with E-state index in [4.69, 9.17) is 0 Å². The van der Waals surface area contributed by atoms with Crippen LogP contribution in [0.5, 0.6) is 0 Å². The number of carbonyl (C=O) groups excluding carboxylic acids is 1. The van der Waals surface area contributed by atoms with E-state index >= 15 is 0 Å². The fourth-order valence-corrected chi connectivity index (χ4v) is 2.87. The average molecular weight is 284 g/mol. The van der Waals surface area contributed by atoms with Crippen LogP contribution in [0.3, 0.4) is 0 Å². The number of benzene rings is 1. The summed E-state index contributed by atoms with van der Waals surface area (Å²) < 4.78 is 2.01. The minimum atomic E-state index is 0.276. The predicted octanol–water partition coefficient (Wildman–Crippen LogP) is 3.58. The summed E-state index contributed by atoms with van der Waals surface area (Å²) >= 11 is 4.95. The zero-order valence-corrected chi connectivity index (χ0v) is 10.7. The standard InChI is InChI=1S/C11H10BrNOS/c1-2-8(14)5-7-3-4-9-10(6-7)15-11(12)13-9/h3-4,6H,2,5H2,1H3. The summed E-state index contributed by atoms with van der Waals surface area (Å²) in [4.78, 5) is 15.6. The Hall–Kier alpha value is -0.740. The van der Waals surface area contributed by atoms with E-state index in [9.17, 15) is 4.79 Å². The lowest BCUT2D eigenvalue weighted by molar-refractivity contribution is -0.118. The highest BCUT2D eigenvalue weighted by Gasteiger charge is 2.05. The Kier molecular flexibility index (Phi) is 3.17. The van der Waals surface area contributed by atoms with Crippen LogP contribution in [0, 0.1) is 0 Å². The Morgan fingerprint density at radius 3 is 3.07 bits per heavy atom. The molecule has 2 rings (SSSR count). The third kappa shape index (κ3) is 2.44. The van der Waals surface area contributed by atoms with Gasteiger partial charge in [-0.2, -0.15) is 0 Å². The number of carbonyl (C=O) groups is 1. The molecule has 0 amide bonds. The van der Waals surface area contributed by atoms with Gasteiger partial charge >= 0.3 is 0 Å². The molecular weight excluding hydrogens is 274 g/mol. The normalized spacial score (nSPS) is 10.8. The van der Waals surface area contributed by atoms with Crippen LogP contribution in [0.1, 0.15) is 18.9 Å². The van der Waals surface area contributed by atoms with Crippen molar-refractivity contribution in [2.75, 3.05) is 0 Å².